The third-order valence-electron chi connectivity index (χ3n) is 5.84. The minimum Gasteiger partial charge on any atom is -0.493 e. The van der Waals surface area contributed by atoms with Gasteiger partial charge in [0.25, 0.3) is 0 Å². The smallest absolute Gasteiger partial charge is 0.416 e. The number of rotatable bonds is 9. The number of urea groups is 1. The number of aryl methyl sites for hydroxylation is 2. The molecule has 0 aliphatic carbocycles. The molecular formula is C28H31F3N2O5S. The van der Waals surface area contributed by atoms with Crippen molar-refractivity contribution in [3.05, 3.63) is 82.9 Å². The second-order valence-corrected chi connectivity index (χ2v) is 11.1. The van der Waals surface area contributed by atoms with Crippen molar-refractivity contribution in [2.45, 2.75) is 45.3 Å². The zero-order chi connectivity index (χ0) is 29.0. The number of halogens is 3. The van der Waals surface area contributed by atoms with Gasteiger partial charge in [0, 0.05) is 18.8 Å². The second-order valence-electron chi connectivity index (χ2n) is 9.52. The Morgan fingerprint density at radius 3 is 2.21 bits per heavy atom. The number of carbonyl (C=O) groups excluding carboxylic acids is 1. The lowest BCUT2D eigenvalue weighted by Gasteiger charge is -2.26. The number of hydrogen-bond acceptors (Lipinski definition) is 5. The molecule has 0 aliphatic heterocycles. The molecule has 7 nitrogen and oxygen atoms in total. The number of carbonyl (C=O) groups is 1. The minimum atomic E-state index is -4.72. The highest BCUT2D eigenvalue weighted by Crippen LogP contribution is 2.34. The van der Waals surface area contributed by atoms with Crippen LogP contribution in [0.15, 0.2) is 65.6 Å². The predicted octanol–water partition coefficient (Wildman–Crippen LogP) is 6.79. The zero-order valence-electron chi connectivity index (χ0n) is 22.3. The number of amides is 2. The molecule has 0 aromatic heterocycles. The van der Waals surface area contributed by atoms with Gasteiger partial charge in [-0.2, -0.15) is 21.6 Å². The highest BCUT2D eigenvalue weighted by atomic mass is 32.2. The van der Waals surface area contributed by atoms with Crippen LogP contribution in [0.2, 0.25) is 0 Å². The Morgan fingerprint density at radius 2 is 1.62 bits per heavy atom. The first-order valence-corrected chi connectivity index (χ1v) is 13.5. The molecule has 0 aliphatic rings. The van der Waals surface area contributed by atoms with Crippen LogP contribution in [0.1, 0.15) is 36.1 Å². The quantitative estimate of drug-likeness (QED) is 0.289. The lowest BCUT2D eigenvalue weighted by molar-refractivity contribution is -0.137. The summed E-state index contributed by atoms with van der Waals surface area (Å²) in [6.07, 6.45) is -4.72. The van der Waals surface area contributed by atoms with Crippen molar-refractivity contribution in [1.82, 2.24) is 4.90 Å². The second kappa shape index (κ2) is 12.0. The van der Waals surface area contributed by atoms with Crippen molar-refractivity contribution in [3.63, 3.8) is 0 Å². The fourth-order valence-electron chi connectivity index (χ4n) is 3.96. The largest absolute Gasteiger partial charge is 0.493 e. The van der Waals surface area contributed by atoms with Gasteiger partial charge in [0.2, 0.25) is 0 Å². The Morgan fingerprint density at radius 1 is 0.974 bits per heavy atom. The SMILES string of the molecule is COc1ccc(CN(CC(C)C)C(=O)Nc2c(C)cccc2C)cc1OS(=O)(=O)c1cccc(C(F)(F)F)c1. The van der Waals surface area contributed by atoms with Crippen LogP contribution in [0, 0.1) is 19.8 Å². The maximum atomic E-state index is 13.3. The van der Waals surface area contributed by atoms with Crippen LogP contribution in [0.25, 0.3) is 0 Å². The van der Waals surface area contributed by atoms with E-state index < -0.39 is 26.8 Å². The van der Waals surface area contributed by atoms with Crippen molar-refractivity contribution >= 4 is 21.8 Å². The molecule has 0 saturated heterocycles. The molecule has 0 spiro atoms. The Kier molecular flexibility index (Phi) is 9.16. The van der Waals surface area contributed by atoms with E-state index in [4.69, 9.17) is 8.92 Å². The summed E-state index contributed by atoms with van der Waals surface area (Å²) < 4.78 is 75.6. The van der Waals surface area contributed by atoms with Crippen LogP contribution in [0.5, 0.6) is 11.5 Å². The van der Waals surface area contributed by atoms with E-state index in [0.29, 0.717) is 23.9 Å². The summed E-state index contributed by atoms with van der Waals surface area (Å²) in [5.74, 6) is -0.0271. The first-order valence-electron chi connectivity index (χ1n) is 12.1. The van der Waals surface area contributed by atoms with E-state index in [1.54, 1.807) is 11.0 Å². The monoisotopic (exact) mass is 564 g/mol. The third kappa shape index (κ3) is 7.66. The van der Waals surface area contributed by atoms with Crippen molar-refractivity contribution in [2.24, 2.45) is 5.92 Å². The molecule has 0 fully saturated rings. The summed E-state index contributed by atoms with van der Waals surface area (Å²) in [4.78, 5) is 14.2. The van der Waals surface area contributed by atoms with E-state index in [-0.39, 0.29) is 30.0 Å². The molecule has 11 heteroatoms. The van der Waals surface area contributed by atoms with Crippen LogP contribution < -0.4 is 14.2 Å². The molecule has 39 heavy (non-hydrogen) atoms. The van der Waals surface area contributed by atoms with Crippen LogP contribution in [-0.2, 0) is 22.8 Å². The zero-order valence-corrected chi connectivity index (χ0v) is 23.1. The van der Waals surface area contributed by atoms with E-state index >= 15 is 0 Å². The van der Waals surface area contributed by atoms with E-state index in [2.05, 4.69) is 5.32 Å². The molecule has 210 valence electrons. The summed E-state index contributed by atoms with van der Waals surface area (Å²) in [5.41, 5.74) is 1.94. The number of ether oxygens (including phenoxy) is 1. The Bertz CT molecular complexity index is 1420. The standard InChI is InChI=1S/C28H31F3N2O5S/c1-18(2)16-33(27(34)32-26-19(3)8-6-9-20(26)4)17-21-12-13-24(37-5)25(14-21)38-39(35,36)23-11-7-10-22(15-23)28(29,30)31/h6-15,18H,16-17H2,1-5H3,(H,32,34). The summed E-state index contributed by atoms with van der Waals surface area (Å²) in [6.45, 7) is 8.23. The van der Waals surface area contributed by atoms with Crippen LogP contribution >= 0.6 is 0 Å². The number of benzene rings is 3. The molecular weight excluding hydrogens is 533 g/mol. The van der Waals surface area contributed by atoms with E-state index in [9.17, 15) is 26.4 Å². The van der Waals surface area contributed by atoms with E-state index in [1.165, 1.54) is 19.2 Å². The van der Waals surface area contributed by atoms with Crippen molar-refractivity contribution < 1.29 is 35.3 Å². The maximum absolute atomic E-state index is 13.3. The average Bonchev–Trinajstić information content (AvgIpc) is 2.85. The van der Waals surface area contributed by atoms with Gasteiger partial charge in [-0.25, -0.2) is 4.79 Å². The molecule has 3 aromatic rings. The Labute approximate surface area is 226 Å². The van der Waals surface area contributed by atoms with Gasteiger partial charge >= 0.3 is 22.3 Å². The van der Waals surface area contributed by atoms with Gasteiger partial charge in [0.05, 0.1) is 12.7 Å². The number of nitrogens with zero attached hydrogens (tertiary/aromatic N) is 1. The molecule has 2 amide bonds. The van der Waals surface area contributed by atoms with Gasteiger partial charge in [-0.3, -0.25) is 0 Å². The fraction of sp³-hybridized carbons (Fsp3) is 0.321. The average molecular weight is 565 g/mol. The highest BCUT2D eigenvalue weighted by Gasteiger charge is 2.32. The molecule has 0 bridgehead atoms. The van der Waals surface area contributed by atoms with Crippen LogP contribution in [-0.4, -0.2) is 33.0 Å². The predicted molar refractivity (Wildman–Crippen MR) is 142 cm³/mol. The minimum absolute atomic E-state index is 0.0599. The van der Waals surface area contributed by atoms with Gasteiger partial charge in [-0.15, -0.1) is 0 Å². The van der Waals surface area contributed by atoms with Crippen LogP contribution in [0.3, 0.4) is 0 Å². The van der Waals surface area contributed by atoms with Crippen molar-refractivity contribution in [3.8, 4) is 11.5 Å². The Hall–Kier alpha value is -3.73. The molecule has 0 unspecified atom stereocenters. The van der Waals surface area contributed by atoms with Crippen molar-refractivity contribution in [1.29, 1.82) is 0 Å². The van der Waals surface area contributed by atoms with Gasteiger partial charge in [-0.05, 0) is 66.8 Å². The molecule has 0 radical (unpaired) electrons. The van der Waals surface area contributed by atoms with E-state index in [0.717, 1.165) is 29.3 Å². The molecule has 0 saturated carbocycles. The fourth-order valence-corrected chi connectivity index (χ4v) is 4.94. The molecule has 3 aromatic carbocycles. The third-order valence-corrected chi connectivity index (χ3v) is 7.07. The summed E-state index contributed by atoms with van der Waals surface area (Å²) >= 11 is 0. The molecule has 0 atom stereocenters. The summed E-state index contributed by atoms with van der Waals surface area (Å²) in [5, 5.41) is 2.96. The maximum Gasteiger partial charge on any atom is 0.416 e. The number of nitrogens with one attached hydrogen (secondary N) is 1. The summed E-state index contributed by atoms with van der Waals surface area (Å²) in [7, 11) is -3.33. The molecule has 3 rings (SSSR count). The highest BCUT2D eigenvalue weighted by molar-refractivity contribution is 7.87. The molecule has 0 heterocycles. The van der Waals surface area contributed by atoms with Gasteiger partial charge in [0.1, 0.15) is 4.90 Å². The topological polar surface area (TPSA) is 84.9 Å². The van der Waals surface area contributed by atoms with Crippen molar-refractivity contribution in [2.75, 3.05) is 19.0 Å². The van der Waals surface area contributed by atoms with Gasteiger partial charge in [-0.1, -0.05) is 44.2 Å². The number of methoxy groups -OCH3 is 1. The summed E-state index contributed by atoms with van der Waals surface area (Å²) in [6, 6.07) is 13.2. The van der Waals surface area contributed by atoms with E-state index in [1.807, 2.05) is 45.9 Å². The van der Waals surface area contributed by atoms with Gasteiger partial charge < -0.3 is 19.1 Å². The first-order chi connectivity index (χ1) is 18.2. The number of para-hydroxylation sites is 1. The lowest BCUT2D eigenvalue weighted by Crippen LogP contribution is -2.37. The normalized spacial score (nSPS) is 11.8. The molecule has 1 N–H and O–H groups in total. The number of alkyl halides is 3. The van der Waals surface area contributed by atoms with Gasteiger partial charge in [0.15, 0.2) is 11.5 Å². The number of hydrogen-bond donors (Lipinski definition) is 1. The Balaban J connectivity index is 1.90. The van der Waals surface area contributed by atoms with Crippen LogP contribution in [0.4, 0.5) is 23.7 Å². The number of anilines is 1. The first kappa shape index (κ1) is 29.8. The lowest BCUT2D eigenvalue weighted by atomic mass is 10.1.